The normalized spacial score (nSPS) is 10.2. The highest BCUT2D eigenvalue weighted by molar-refractivity contribution is 5.57. The Hall–Kier alpha value is -2.43. The lowest BCUT2D eigenvalue weighted by Gasteiger charge is -2.12. The number of hydrogen-bond donors (Lipinski definition) is 2. The number of anilines is 1. The molecule has 106 valence electrons. The minimum absolute atomic E-state index is 0.0814. The van der Waals surface area contributed by atoms with E-state index < -0.39 is 0 Å². The van der Waals surface area contributed by atoms with Crippen LogP contribution in [0.4, 0.5) is 10.1 Å². The Labute approximate surface area is 116 Å². The predicted octanol–water partition coefficient (Wildman–Crippen LogP) is 3.16. The fraction of sp³-hybridized carbons (Fsp3) is 0.200. The van der Waals surface area contributed by atoms with Crippen molar-refractivity contribution in [1.29, 1.82) is 0 Å². The van der Waals surface area contributed by atoms with Crippen molar-refractivity contribution in [2.45, 2.75) is 6.54 Å². The Kier molecular flexibility index (Phi) is 4.30. The molecule has 0 heterocycles. The van der Waals surface area contributed by atoms with Crippen LogP contribution < -0.4 is 14.8 Å². The first-order chi connectivity index (χ1) is 9.63. The summed E-state index contributed by atoms with van der Waals surface area (Å²) in [7, 11) is 2.98. The van der Waals surface area contributed by atoms with Gasteiger partial charge in [0.15, 0.2) is 11.5 Å². The summed E-state index contributed by atoms with van der Waals surface area (Å²) in [5, 5.41) is 12.8. The Bertz CT molecular complexity index is 602. The Morgan fingerprint density at radius 3 is 2.45 bits per heavy atom. The quantitative estimate of drug-likeness (QED) is 0.881. The number of rotatable bonds is 5. The van der Waals surface area contributed by atoms with Crippen LogP contribution in [0, 0.1) is 5.82 Å². The van der Waals surface area contributed by atoms with E-state index in [0.29, 0.717) is 23.7 Å². The number of phenolic OH excluding ortho intramolecular Hbond substituents is 1. The molecule has 0 aliphatic heterocycles. The van der Waals surface area contributed by atoms with Crippen molar-refractivity contribution in [3.63, 3.8) is 0 Å². The van der Waals surface area contributed by atoms with Crippen LogP contribution in [-0.2, 0) is 6.54 Å². The van der Waals surface area contributed by atoms with Crippen LogP contribution in [0.25, 0.3) is 0 Å². The second kappa shape index (κ2) is 6.14. The summed E-state index contributed by atoms with van der Waals surface area (Å²) in [5.41, 5.74) is 1.55. The lowest BCUT2D eigenvalue weighted by Crippen LogP contribution is -2.01. The number of methoxy groups -OCH3 is 2. The van der Waals surface area contributed by atoms with E-state index in [0.717, 1.165) is 5.56 Å². The summed E-state index contributed by atoms with van der Waals surface area (Å²) in [6.45, 7) is 0.472. The summed E-state index contributed by atoms with van der Waals surface area (Å²) in [4.78, 5) is 0. The summed E-state index contributed by atoms with van der Waals surface area (Å²) in [6.07, 6.45) is 0. The number of aromatic hydroxyl groups is 1. The number of ether oxygens (including phenoxy) is 2. The zero-order valence-corrected chi connectivity index (χ0v) is 11.3. The smallest absolute Gasteiger partial charge is 0.160 e. The van der Waals surface area contributed by atoms with Crippen molar-refractivity contribution in [2.75, 3.05) is 19.5 Å². The number of nitrogens with one attached hydrogen (secondary N) is 1. The highest BCUT2D eigenvalue weighted by Gasteiger charge is 2.06. The third-order valence-corrected chi connectivity index (χ3v) is 2.89. The highest BCUT2D eigenvalue weighted by Crippen LogP contribution is 2.28. The van der Waals surface area contributed by atoms with Crippen molar-refractivity contribution in [1.82, 2.24) is 0 Å². The topological polar surface area (TPSA) is 50.7 Å². The second-order valence-electron chi connectivity index (χ2n) is 4.20. The average Bonchev–Trinajstić information content (AvgIpc) is 2.46. The van der Waals surface area contributed by atoms with Crippen LogP contribution in [0.5, 0.6) is 17.2 Å². The first kappa shape index (κ1) is 14.0. The lowest BCUT2D eigenvalue weighted by molar-refractivity contribution is 0.373. The summed E-state index contributed by atoms with van der Waals surface area (Å²) in [6, 6.07) is 9.42. The summed E-state index contributed by atoms with van der Waals surface area (Å²) < 4.78 is 23.2. The van der Waals surface area contributed by atoms with Gasteiger partial charge in [-0.15, -0.1) is 0 Å². The molecule has 0 aliphatic carbocycles. The third-order valence-electron chi connectivity index (χ3n) is 2.89. The van der Waals surface area contributed by atoms with Crippen molar-refractivity contribution in [2.24, 2.45) is 0 Å². The molecule has 2 rings (SSSR count). The van der Waals surface area contributed by atoms with Gasteiger partial charge < -0.3 is 19.9 Å². The zero-order valence-electron chi connectivity index (χ0n) is 11.3. The van der Waals surface area contributed by atoms with Gasteiger partial charge >= 0.3 is 0 Å². The molecule has 0 unspecified atom stereocenters. The van der Waals surface area contributed by atoms with Gasteiger partial charge in [0.2, 0.25) is 0 Å². The molecule has 0 atom stereocenters. The molecule has 2 aromatic rings. The SMILES string of the molecule is COc1ccc(CNc2ccc(F)cc2OC)cc1O. The molecule has 0 saturated heterocycles. The molecule has 0 spiro atoms. The van der Waals surface area contributed by atoms with Gasteiger partial charge in [0, 0.05) is 12.6 Å². The molecular formula is C15H16FNO3. The molecule has 0 radical (unpaired) electrons. The molecule has 0 aromatic heterocycles. The highest BCUT2D eigenvalue weighted by atomic mass is 19.1. The van der Waals surface area contributed by atoms with Gasteiger partial charge in [-0.05, 0) is 29.8 Å². The van der Waals surface area contributed by atoms with Crippen molar-refractivity contribution in [3.05, 3.63) is 47.8 Å². The minimum Gasteiger partial charge on any atom is -0.504 e. The molecule has 2 aromatic carbocycles. The molecule has 0 amide bonds. The first-order valence-corrected chi connectivity index (χ1v) is 6.07. The molecule has 0 bridgehead atoms. The van der Waals surface area contributed by atoms with Gasteiger partial charge in [-0.3, -0.25) is 0 Å². The average molecular weight is 277 g/mol. The maximum atomic E-state index is 13.1. The van der Waals surface area contributed by atoms with Gasteiger partial charge in [0.05, 0.1) is 19.9 Å². The van der Waals surface area contributed by atoms with Crippen molar-refractivity contribution in [3.8, 4) is 17.2 Å². The Morgan fingerprint density at radius 2 is 1.80 bits per heavy atom. The van der Waals surface area contributed by atoms with E-state index in [9.17, 15) is 9.50 Å². The van der Waals surface area contributed by atoms with Gasteiger partial charge in [-0.1, -0.05) is 6.07 Å². The van der Waals surface area contributed by atoms with Gasteiger partial charge in [-0.2, -0.15) is 0 Å². The molecule has 0 aliphatic rings. The first-order valence-electron chi connectivity index (χ1n) is 6.07. The Morgan fingerprint density at radius 1 is 1.05 bits per heavy atom. The number of halogens is 1. The fourth-order valence-corrected chi connectivity index (χ4v) is 1.85. The minimum atomic E-state index is -0.352. The largest absolute Gasteiger partial charge is 0.504 e. The fourth-order valence-electron chi connectivity index (χ4n) is 1.85. The van der Waals surface area contributed by atoms with Crippen LogP contribution in [0.3, 0.4) is 0 Å². The molecular weight excluding hydrogens is 261 g/mol. The number of phenols is 1. The van der Waals surface area contributed by atoms with Crippen LogP contribution >= 0.6 is 0 Å². The Balaban J connectivity index is 2.10. The molecule has 20 heavy (non-hydrogen) atoms. The molecule has 0 saturated carbocycles. The van der Waals surface area contributed by atoms with E-state index in [4.69, 9.17) is 9.47 Å². The van der Waals surface area contributed by atoms with E-state index in [1.807, 2.05) is 6.07 Å². The standard InChI is InChI=1S/C15H16FNO3/c1-19-14-6-3-10(7-13(14)18)9-17-12-5-4-11(16)8-15(12)20-2/h3-8,17-18H,9H2,1-2H3. The van der Waals surface area contributed by atoms with E-state index in [1.54, 1.807) is 18.2 Å². The van der Waals surface area contributed by atoms with Crippen molar-refractivity contribution >= 4 is 5.69 Å². The van der Waals surface area contributed by atoms with E-state index in [1.165, 1.54) is 26.4 Å². The molecule has 5 heteroatoms. The molecule has 2 N–H and O–H groups in total. The molecule has 0 fully saturated rings. The predicted molar refractivity (Wildman–Crippen MR) is 74.9 cm³/mol. The van der Waals surface area contributed by atoms with E-state index in [-0.39, 0.29) is 11.6 Å². The van der Waals surface area contributed by atoms with Crippen LogP contribution in [0.2, 0.25) is 0 Å². The second-order valence-corrected chi connectivity index (χ2v) is 4.20. The summed E-state index contributed by atoms with van der Waals surface area (Å²) in [5.74, 6) is 0.586. The zero-order chi connectivity index (χ0) is 14.5. The molecule has 4 nitrogen and oxygen atoms in total. The van der Waals surface area contributed by atoms with E-state index in [2.05, 4.69) is 5.32 Å². The summed E-state index contributed by atoms with van der Waals surface area (Å²) >= 11 is 0. The maximum absolute atomic E-state index is 13.1. The van der Waals surface area contributed by atoms with Gasteiger partial charge in [0.25, 0.3) is 0 Å². The van der Waals surface area contributed by atoms with E-state index >= 15 is 0 Å². The lowest BCUT2D eigenvalue weighted by atomic mass is 10.2. The van der Waals surface area contributed by atoms with Gasteiger partial charge in [-0.25, -0.2) is 4.39 Å². The van der Waals surface area contributed by atoms with Crippen LogP contribution in [0.15, 0.2) is 36.4 Å². The van der Waals surface area contributed by atoms with Crippen LogP contribution in [-0.4, -0.2) is 19.3 Å². The van der Waals surface area contributed by atoms with Gasteiger partial charge in [0.1, 0.15) is 11.6 Å². The maximum Gasteiger partial charge on any atom is 0.160 e. The monoisotopic (exact) mass is 277 g/mol. The third kappa shape index (κ3) is 3.12. The number of benzene rings is 2. The number of hydrogen-bond acceptors (Lipinski definition) is 4. The van der Waals surface area contributed by atoms with Crippen molar-refractivity contribution < 1.29 is 19.0 Å². The van der Waals surface area contributed by atoms with Crippen LogP contribution in [0.1, 0.15) is 5.56 Å².